The van der Waals surface area contributed by atoms with Crippen LogP contribution < -0.4 is 0 Å². The summed E-state index contributed by atoms with van der Waals surface area (Å²) >= 11 is 0. The Balaban J connectivity index is 1.72. The predicted octanol–water partition coefficient (Wildman–Crippen LogP) is 2.63. The van der Waals surface area contributed by atoms with Crippen LogP contribution in [0.15, 0.2) is 24.5 Å². The second-order valence-corrected chi connectivity index (χ2v) is 3.53. The van der Waals surface area contributed by atoms with Crippen LogP contribution in [0.4, 0.5) is 0 Å². The molecule has 1 saturated carbocycles. The number of pyridine rings is 1. The number of nitrogens with zero attached hydrogens (tertiary/aromatic N) is 1. The van der Waals surface area contributed by atoms with Crippen molar-refractivity contribution in [2.75, 3.05) is 0 Å². The fraction of sp³-hybridized carbons (Fsp3) is 0.455. The Kier molecular flexibility index (Phi) is 2.40. The molecule has 1 radical (unpaired) electrons. The quantitative estimate of drug-likeness (QED) is 0.659. The third-order valence-corrected chi connectivity index (χ3v) is 2.30. The van der Waals surface area contributed by atoms with Gasteiger partial charge in [-0.1, -0.05) is 18.9 Å². The molecular formula is C11H14N. The van der Waals surface area contributed by atoms with Gasteiger partial charge in [0.2, 0.25) is 0 Å². The van der Waals surface area contributed by atoms with Crippen molar-refractivity contribution < 1.29 is 0 Å². The third kappa shape index (κ3) is 2.33. The maximum Gasteiger partial charge on any atom is 0.0299 e. The summed E-state index contributed by atoms with van der Waals surface area (Å²) in [5.74, 6) is 1.02. The Morgan fingerprint density at radius 3 is 3.08 bits per heavy atom. The van der Waals surface area contributed by atoms with E-state index >= 15 is 0 Å². The van der Waals surface area contributed by atoms with Crippen LogP contribution >= 0.6 is 0 Å². The summed E-state index contributed by atoms with van der Waals surface area (Å²) in [5, 5.41) is 0. The van der Waals surface area contributed by atoms with Crippen molar-refractivity contribution in [3.05, 3.63) is 36.5 Å². The molecule has 1 aliphatic carbocycles. The van der Waals surface area contributed by atoms with E-state index in [9.17, 15) is 0 Å². The first-order chi connectivity index (χ1) is 5.95. The van der Waals surface area contributed by atoms with Crippen molar-refractivity contribution in [3.63, 3.8) is 0 Å². The highest BCUT2D eigenvalue weighted by Crippen LogP contribution is 2.33. The molecule has 1 aliphatic rings. The molecule has 1 heterocycles. The summed E-state index contributed by atoms with van der Waals surface area (Å²) in [6.07, 6.45) is 11.4. The Hall–Kier alpha value is -0.850. The zero-order valence-electron chi connectivity index (χ0n) is 7.24. The van der Waals surface area contributed by atoms with Crippen molar-refractivity contribution in [1.29, 1.82) is 0 Å². The predicted molar refractivity (Wildman–Crippen MR) is 49.6 cm³/mol. The molecule has 1 heteroatoms. The lowest BCUT2D eigenvalue weighted by atomic mass is 10.1. The Labute approximate surface area is 73.8 Å². The van der Waals surface area contributed by atoms with E-state index in [0.29, 0.717) is 0 Å². The lowest BCUT2D eigenvalue weighted by Crippen LogP contribution is -1.87. The van der Waals surface area contributed by atoms with Gasteiger partial charge in [-0.15, -0.1) is 0 Å². The monoisotopic (exact) mass is 160 g/mol. The highest BCUT2D eigenvalue weighted by molar-refractivity contribution is 5.10. The van der Waals surface area contributed by atoms with Crippen molar-refractivity contribution >= 4 is 0 Å². The summed E-state index contributed by atoms with van der Waals surface area (Å²) in [5.41, 5.74) is 1.33. The fourth-order valence-electron chi connectivity index (χ4n) is 1.36. The van der Waals surface area contributed by atoms with Gasteiger partial charge < -0.3 is 0 Å². The molecule has 0 N–H and O–H groups in total. The van der Waals surface area contributed by atoms with Gasteiger partial charge in [0.25, 0.3) is 0 Å². The highest BCUT2D eigenvalue weighted by atomic mass is 14.6. The molecule has 0 aromatic carbocycles. The zero-order valence-corrected chi connectivity index (χ0v) is 7.24. The number of hydrogen-bond donors (Lipinski definition) is 0. The molecule has 0 amide bonds. The number of aromatic nitrogens is 1. The van der Waals surface area contributed by atoms with Crippen LogP contribution in [0.1, 0.15) is 24.8 Å². The Morgan fingerprint density at radius 2 is 2.42 bits per heavy atom. The minimum atomic E-state index is 1.02. The van der Waals surface area contributed by atoms with Gasteiger partial charge in [-0.05, 0) is 36.8 Å². The molecule has 1 aromatic heterocycles. The lowest BCUT2D eigenvalue weighted by molar-refractivity contribution is 0.789. The summed E-state index contributed by atoms with van der Waals surface area (Å²) in [7, 11) is 0. The van der Waals surface area contributed by atoms with Gasteiger partial charge >= 0.3 is 0 Å². The molecule has 12 heavy (non-hydrogen) atoms. The van der Waals surface area contributed by atoms with Gasteiger partial charge in [0.05, 0.1) is 0 Å². The van der Waals surface area contributed by atoms with Crippen LogP contribution in [-0.2, 0) is 6.42 Å². The molecule has 0 bridgehead atoms. The minimum absolute atomic E-state index is 1.02. The zero-order chi connectivity index (χ0) is 8.23. The van der Waals surface area contributed by atoms with E-state index in [4.69, 9.17) is 0 Å². The lowest BCUT2D eigenvalue weighted by Gasteiger charge is -1.98. The summed E-state index contributed by atoms with van der Waals surface area (Å²) in [4.78, 5) is 4.08. The van der Waals surface area contributed by atoms with Gasteiger partial charge in [0.1, 0.15) is 0 Å². The molecule has 0 spiro atoms. The first-order valence-corrected chi connectivity index (χ1v) is 4.66. The molecular weight excluding hydrogens is 146 g/mol. The van der Waals surface area contributed by atoms with Crippen LogP contribution in [0, 0.1) is 12.3 Å². The molecule has 2 rings (SSSR count). The normalized spacial score (nSPS) is 16.3. The Bertz CT molecular complexity index is 226. The van der Waals surface area contributed by atoms with Crippen molar-refractivity contribution in [2.45, 2.75) is 25.7 Å². The van der Waals surface area contributed by atoms with Crippen molar-refractivity contribution in [3.8, 4) is 0 Å². The van der Waals surface area contributed by atoms with Crippen molar-refractivity contribution in [2.24, 2.45) is 5.92 Å². The molecule has 1 nitrogen and oxygen atoms in total. The maximum atomic E-state index is 4.08. The van der Waals surface area contributed by atoms with Crippen molar-refractivity contribution in [1.82, 2.24) is 4.98 Å². The van der Waals surface area contributed by atoms with Gasteiger partial charge in [-0.3, -0.25) is 4.98 Å². The summed E-state index contributed by atoms with van der Waals surface area (Å²) in [6, 6.07) is 4.14. The smallest absolute Gasteiger partial charge is 0.0299 e. The van der Waals surface area contributed by atoms with E-state index in [-0.39, 0.29) is 0 Å². The second-order valence-electron chi connectivity index (χ2n) is 3.53. The minimum Gasteiger partial charge on any atom is -0.264 e. The van der Waals surface area contributed by atoms with Crippen LogP contribution in [0.2, 0.25) is 0 Å². The molecule has 63 valence electrons. The number of hydrogen-bond acceptors (Lipinski definition) is 1. The largest absolute Gasteiger partial charge is 0.264 e. The van der Waals surface area contributed by atoms with Crippen LogP contribution in [0.5, 0.6) is 0 Å². The molecule has 0 saturated heterocycles. The second kappa shape index (κ2) is 3.70. The van der Waals surface area contributed by atoms with E-state index in [1.165, 1.54) is 24.8 Å². The standard InChI is InChI=1S/C11H14N/c1(3-10-6-7-10)4-11-5-2-8-12-9-11/h1-2,5,8-10H,3-4,6-7H2. The van der Waals surface area contributed by atoms with E-state index in [1.54, 1.807) is 0 Å². The molecule has 1 fully saturated rings. The van der Waals surface area contributed by atoms with E-state index in [1.807, 2.05) is 18.5 Å². The molecule has 0 aliphatic heterocycles. The van der Waals surface area contributed by atoms with Gasteiger partial charge in [-0.2, -0.15) is 0 Å². The maximum absolute atomic E-state index is 4.08. The highest BCUT2D eigenvalue weighted by Gasteiger charge is 2.20. The topological polar surface area (TPSA) is 12.9 Å². The average Bonchev–Trinajstić information content (AvgIpc) is 2.90. The van der Waals surface area contributed by atoms with E-state index < -0.39 is 0 Å². The molecule has 0 unspecified atom stereocenters. The first-order valence-electron chi connectivity index (χ1n) is 4.66. The molecule has 0 atom stereocenters. The Morgan fingerprint density at radius 1 is 1.50 bits per heavy atom. The average molecular weight is 160 g/mol. The number of rotatable bonds is 4. The third-order valence-electron chi connectivity index (χ3n) is 2.30. The van der Waals surface area contributed by atoms with E-state index in [2.05, 4.69) is 17.5 Å². The van der Waals surface area contributed by atoms with Gasteiger partial charge in [-0.25, -0.2) is 0 Å². The van der Waals surface area contributed by atoms with Crippen LogP contribution in [0.25, 0.3) is 0 Å². The SMILES string of the molecule is [CH](Cc1cccnc1)CC1CC1. The van der Waals surface area contributed by atoms with Crippen LogP contribution in [-0.4, -0.2) is 4.98 Å². The molecule has 1 aromatic rings. The van der Waals surface area contributed by atoms with Gasteiger partial charge in [0, 0.05) is 12.4 Å². The van der Waals surface area contributed by atoms with E-state index in [0.717, 1.165) is 12.3 Å². The van der Waals surface area contributed by atoms with Crippen LogP contribution in [0.3, 0.4) is 0 Å². The van der Waals surface area contributed by atoms with Gasteiger partial charge in [0.15, 0.2) is 0 Å². The summed E-state index contributed by atoms with van der Waals surface area (Å²) in [6.45, 7) is 0. The fourth-order valence-corrected chi connectivity index (χ4v) is 1.36. The first kappa shape index (κ1) is 7.78. The summed E-state index contributed by atoms with van der Waals surface area (Å²) < 4.78 is 0.